The average Bonchev–Trinajstić information content (AvgIpc) is 2.68. The minimum atomic E-state index is -0.0882. The summed E-state index contributed by atoms with van der Waals surface area (Å²) in [5.41, 5.74) is 0.437. The van der Waals surface area contributed by atoms with Crippen molar-refractivity contribution in [3.05, 3.63) is 11.9 Å². The smallest absolute Gasteiger partial charge is 0.272 e. The minimum absolute atomic E-state index is 0.0882. The summed E-state index contributed by atoms with van der Waals surface area (Å²) in [6.07, 6.45) is 3.75. The largest absolute Gasteiger partial charge is 0.348 e. The van der Waals surface area contributed by atoms with Gasteiger partial charge in [0.2, 0.25) is 0 Å². The van der Waals surface area contributed by atoms with Crippen LogP contribution < -0.4 is 5.32 Å². The number of hydrogen-bond donors (Lipinski definition) is 1. The van der Waals surface area contributed by atoms with Gasteiger partial charge in [0.1, 0.15) is 0 Å². The van der Waals surface area contributed by atoms with Gasteiger partial charge in [0.25, 0.3) is 5.91 Å². The third-order valence-electron chi connectivity index (χ3n) is 2.36. The van der Waals surface area contributed by atoms with E-state index in [1.165, 1.54) is 6.20 Å². The van der Waals surface area contributed by atoms with E-state index in [2.05, 4.69) is 21.0 Å². The number of hydrogen-bond acceptors (Lipinski definition) is 4. The van der Waals surface area contributed by atoms with E-state index in [1.807, 2.05) is 0 Å². The Morgan fingerprint density at radius 1 is 1.85 bits per heavy atom. The molecule has 1 saturated carbocycles. The summed E-state index contributed by atoms with van der Waals surface area (Å²) in [6, 6.07) is 0.374. The zero-order valence-corrected chi connectivity index (χ0v) is 8.17. The first-order valence-electron chi connectivity index (χ1n) is 4.39. The molecule has 0 bridgehead atoms. The fraction of sp³-hybridized carbons (Fsp3) is 0.625. The molecule has 1 aliphatic rings. The molecule has 1 amide bonds. The topological polar surface area (TPSA) is 54.9 Å². The summed E-state index contributed by atoms with van der Waals surface area (Å²) in [4.78, 5) is 11.4. The van der Waals surface area contributed by atoms with Gasteiger partial charge in [-0.2, -0.15) is 8.75 Å². The monoisotopic (exact) mass is 197 g/mol. The number of amides is 1. The van der Waals surface area contributed by atoms with Crippen molar-refractivity contribution in [2.24, 2.45) is 5.92 Å². The number of carbonyl (C=O) groups excluding carboxylic acids is 1. The predicted octanol–water partition coefficient (Wildman–Crippen LogP) is 1.07. The van der Waals surface area contributed by atoms with Crippen LogP contribution in [0, 0.1) is 5.92 Å². The van der Waals surface area contributed by atoms with Crippen molar-refractivity contribution < 1.29 is 4.79 Å². The van der Waals surface area contributed by atoms with Crippen LogP contribution in [-0.2, 0) is 0 Å². The average molecular weight is 197 g/mol. The van der Waals surface area contributed by atoms with Crippen LogP contribution in [-0.4, -0.2) is 20.7 Å². The summed E-state index contributed by atoms with van der Waals surface area (Å²) < 4.78 is 7.65. The van der Waals surface area contributed by atoms with Crippen LogP contribution in [0.1, 0.15) is 30.3 Å². The van der Waals surface area contributed by atoms with Crippen molar-refractivity contribution in [2.45, 2.75) is 25.8 Å². The van der Waals surface area contributed by atoms with E-state index >= 15 is 0 Å². The molecule has 5 heteroatoms. The summed E-state index contributed by atoms with van der Waals surface area (Å²) in [6.45, 7) is 2.14. The van der Waals surface area contributed by atoms with Gasteiger partial charge in [-0.15, -0.1) is 0 Å². The molecule has 0 aliphatic heterocycles. The Balaban J connectivity index is 1.87. The van der Waals surface area contributed by atoms with Crippen molar-refractivity contribution in [3.8, 4) is 0 Å². The fourth-order valence-corrected chi connectivity index (χ4v) is 1.79. The quantitative estimate of drug-likeness (QED) is 0.788. The molecule has 0 unspecified atom stereocenters. The van der Waals surface area contributed by atoms with Gasteiger partial charge in [-0.05, 0) is 12.3 Å². The highest BCUT2D eigenvalue weighted by atomic mass is 32.1. The molecule has 0 spiro atoms. The predicted molar refractivity (Wildman–Crippen MR) is 49.6 cm³/mol. The first-order valence-corrected chi connectivity index (χ1v) is 5.12. The van der Waals surface area contributed by atoms with Gasteiger partial charge >= 0.3 is 0 Å². The van der Waals surface area contributed by atoms with Crippen molar-refractivity contribution >= 4 is 17.6 Å². The van der Waals surface area contributed by atoms with Gasteiger partial charge in [-0.1, -0.05) is 13.3 Å². The molecule has 13 heavy (non-hydrogen) atoms. The molecule has 0 radical (unpaired) electrons. The van der Waals surface area contributed by atoms with E-state index in [-0.39, 0.29) is 5.91 Å². The van der Waals surface area contributed by atoms with Crippen molar-refractivity contribution in [2.75, 3.05) is 0 Å². The number of nitrogens with zero attached hydrogens (tertiary/aromatic N) is 2. The third-order valence-corrected chi connectivity index (χ3v) is 2.84. The lowest BCUT2D eigenvalue weighted by molar-refractivity contribution is 0.0945. The first-order chi connectivity index (χ1) is 6.31. The third kappa shape index (κ3) is 1.85. The van der Waals surface area contributed by atoms with E-state index in [0.29, 0.717) is 17.7 Å². The second-order valence-corrected chi connectivity index (χ2v) is 3.83. The molecular weight excluding hydrogens is 186 g/mol. The van der Waals surface area contributed by atoms with E-state index in [1.54, 1.807) is 0 Å². The molecule has 0 saturated heterocycles. The number of aromatic nitrogens is 2. The molecule has 2 atom stereocenters. The van der Waals surface area contributed by atoms with E-state index in [4.69, 9.17) is 0 Å². The highest BCUT2D eigenvalue weighted by Crippen LogP contribution is 2.33. The number of rotatable bonds is 3. The van der Waals surface area contributed by atoms with Crippen molar-refractivity contribution in [3.63, 3.8) is 0 Å². The number of nitrogens with one attached hydrogen (secondary N) is 1. The second-order valence-electron chi connectivity index (χ2n) is 3.28. The SMILES string of the molecule is CC[C@@H]1C[C@H]1NC(=O)c1cnsn1. The van der Waals surface area contributed by atoms with Crippen molar-refractivity contribution in [1.82, 2.24) is 14.1 Å². The Bertz CT molecular complexity index is 298. The summed E-state index contributed by atoms with van der Waals surface area (Å²) in [5, 5.41) is 2.92. The molecular formula is C8H11N3OS. The van der Waals surface area contributed by atoms with Crippen LogP contribution in [0.5, 0.6) is 0 Å². The Morgan fingerprint density at radius 2 is 2.69 bits per heavy atom. The Morgan fingerprint density at radius 3 is 3.23 bits per heavy atom. The molecule has 2 rings (SSSR count). The Labute approximate surface area is 80.7 Å². The molecule has 1 aromatic rings. The molecule has 70 valence electrons. The Kier molecular flexibility index (Phi) is 2.26. The molecule has 1 aliphatic carbocycles. The molecule has 0 aromatic carbocycles. The van der Waals surface area contributed by atoms with Crippen LogP contribution in [0.15, 0.2) is 6.20 Å². The maximum absolute atomic E-state index is 11.4. The molecule has 1 N–H and O–H groups in total. The molecule has 1 aromatic heterocycles. The molecule has 1 heterocycles. The van der Waals surface area contributed by atoms with E-state index in [0.717, 1.165) is 24.6 Å². The van der Waals surface area contributed by atoms with Crippen LogP contribution >= 0.6 is 11.7 Å². The van der Waals surface area contributed by atoms with Crippen LogP contribution in [0.4, 0.5) is 0 Å². The molecule has 4 nitrogen and oxygen atoms in total. The summed E-state index contributed by atoms with van der Waals surface area (Å²) >= 11 is 1.06. The van der Waals surface area contributed by atoms with Gasteiger partial charge in [0.15, 0.2) is 5.69 Å². The van der Waals surface area contributed by atoms with Crippen LogP contribution in [0.2, 0.25) is 0 Å². The zero-order chi connectivity index (χ0) is 9.26. The van der Waals surface area contributed by atoms with Gasteiger partial charge < -0.3 is 5.32 Å². The van der Waals surface area contributed by atoms with Gasteiger partial charge in [0, 0.05) is 6.04 Å². The molecule has 1 fully saturated rings. The summed E-state index contributed by atoms with van der Waals surface area (Å²) in [7, 11) is 0. The van der Waals surface area contributed by atoms with Gasteiger partial charge in [-0.25, -0.2) is 0 Å². The number of carbonyl (C=O) groups is 1. The van der Waals surface area contributed by atoms with E-state index < -0.39 is 0 Å². The highest BCUT2D eigenvalue weighted by Gasteiger charge is 2.36. The normalized spacial score (nSPS) is 25.6. The zero-order valence-electron chi connectivity index (χ0n) is 7.36. The fourth-order valence-electron chi connectivity index (χ4n) is 1.38. The standard InChI is InChI=1S/C8H11N3OS/c1-2-5-3-6(5)10-8(12)7-4-9-13-11-7/h4-6H,2-3H2,1H3,(H,10,12)/t5-,6-/m1/s1. The van der Waals surface area contributed by atoms with Crippen LogP contribution in [0.25, 0.3) is 0 Å². The maximum Gasteiger partial charge on any atom is 0.272 e. The Hall–Kier alpha value is -0.970. The lowest BCUT2D eigenvalue weighted by atomic mass is 10.3. The second kappa shape index (κ2) is 3.41. The van der Waals surface area contributed by atoms with Gasteiger partial charge in [0.05, 0.1) is 17.9 Å². The lowest BCUT2D eigenvalue weighted by Gasteiger charge is -1.99. The summed E-state index contributed by atoms with van der Waals surface area (Å²) in [5.74, 6) is 0.588. The van der Waals surface area contributed by atoms with E-state index in [9.17, 15) is 4.79 Å². The lowest BCUT2D eigenvalue weighted by Crippen LogP contribution is -2.26. The van der Waals surface area contributed by atoms with Crippen LogP contribution in [0.3, 0.4) is 0 Å². The first kappa shape index (κ1) is 8.62. The maximum atomic E-state index is 11.4. The highest BCUT2D eigenvalue weighted by molar-refractivity contribution is 6.99. The van der Waals surface area contributed by atoms with Crippen molar-refractivity contribution in [1.29, 1.82) is 0 Å². The van der Waals surface area contributed by atoms with Gasteiger partial charge in [-0.3, -0.25) is 4.79 Å². The minimum Gasteiger partial charge on any atom is -0.348 e.